The maximum Gasteiger partial charge on any atom is 0.305 e. The number of nitrogens with zero attached hydrogens (tertiary/aromatic N) is 1. The van der Waals surface area contributed by atoms with Crippen LogP contribution in [0.15, 0.2) is 36.5 Å². The van der Waals surface area contributed by atoms with E-state index in [1.165, 1.54) is 238 Å². The Bertz CT molecular complexity index is 1060. The van der Waals surface area contributed by atoms with Gasteiger partial charge >= 0.3 is 5.97 Å². The smallest absolute Gasteiger partial charge is 0.305 e. The molecule has 0 amide bonds. The quantitative estimate of drug-likeness (QED) is 0.0374. The normalized spacial score (nSPS) is 12.8. The van der Waals surface area contributed by atoms with Crippen LogP contribution in [0, 0.1) is 0 Å². The molecule has 1 atom stereocenters. The fourth-order valence-electron chi connectivity index (χ4n) is 9.78. The van der Waals surface area contributed by atoms with Crippen LogP contribution in [-0.4, -0.2) is 61.5 Å². The monoisotopic (exact) mass is 970 g/mol. The van der Waals surface area contributed by atoms with Gasteiger partial charge in [0.1, 0.15) is 0 Å². The number of carbonyl (C=O) groups excluding carboxylic acids is 1. The Balaban J connectivity index is 5.10. The number of ether oxygens (including phenoxy) is 2. The summed E-state index contributed by atoms with van der Waals surface area (Å²) in [5.74, 6) is -0.131. The van der Waals surface area contributed by atoms with Crippen LogP contribution in [0.1, 0.15) is 323 Å². The summed E-state index contributed by atoms with van der Waals surface area (Å²) < 4.78 is 12.5. The number of hydrogen-bond donors (Lipinski definition) is 1. The Morgan fingerprint density at radius 2 is 0.725 bits per heavy atom. The number of carbonyl (C=O) groups is 1. The molecule has 0 aromatic heterocycles. The third-order valence-corrected chi connectivity index (χ3v) is 14.4. The van der Waals surface area contributed by atoms with E-state index < -0.39 is 5.60 Å². The Kier molecular flexibility index (Phi) is 54.7. The van der Waals surface area contributed by atoms with Crippen molar-refractivity contribution >= 4 is 5.97 Å². The van der Waals surface area contributed by atoms with E-state index in [0.29, 0.717) is 26.1 Å². The zero-order valence-electron chi connectivity index (χ0n) is 47.5. The number of allylic oxidation sites excluding steroid dienone is 6. The first kappa shape index (κ1) is 67.6. The third kappa shape index (κ3) is 51.3. The van der Waals surface area contributed by atoms with Crippen LogP contribution < -0.4 is 0 Å². The molecule has 0 bridgehead atoms. The Morgan fingerprint density at radius 3 is 1.06 bits per heavy atom. The zero-order chi connectivity index (χ0) is 50.2. The lowest BCUT2D eigenvalue weighted by atomic mass is 9.83. The summed E-state index contributed by atoms with van der Waals surface area (Å²) in [6.07, 6.45) is 71.5. The first-order valence-electron chi connectivity index (χ1n) is 31.0. The molecule has 0 aromatic carbocycles. The number of aliphatic hydroxyl groups is 1. The standard InChI is InChI=1S/C64H123NO4/c1-6-9-12-15-18-21-24-27-30-33-36-39-42-45-48-51-57-64(67,58-52-49-46-43-40-37-34-31-28-25-22-19-16-13-10-7-2)62(56-61-69-63(66)55-54-59-65(4)5)68-60-53-50-47-44-41-38-35-32-29-26-23-20-17-14-11-8-3/h27-32,62,67H,6-26,33-61H2,1-5H3/b30-27-,31-28-,32-29-. The number of rotatable bonds is 57. The van der Waals surface area contributed by atoms with Crippen molar-refractivity contribution in [1.29, 1.82) is 0 Å². The lowest BCUT2D eigenvalue weighted by Gasteiger charge is -2.37. The minimum Gasteiger partial charge on any atom is -0.466 e. The van der Waals surface area contributed by atoms with Crippen LogP contribution in [0.4, 0.5) is 0 Å². The molecule has 0 spiro atoms. The van der Waals surface area contributed by atoms with Crippen molar-refractivity contribution in [2.24, 2.45) is 0 Å². The van der Waals surface area contributed by atoms with Gasteiger partial charge in [0, 0.05) is 19.4 Å². The van der Waals surface area contributed by atoms with Crippen LogP contribution >= 0.6 is 0 Å². The van der Waals surface area contributed by atoms with Crippen LogP contribution in [-0.2, 0) is 14.3 Å². The Labute approximate surface area is 433 Å². The van der Waals surface area contributed by atoms with Gasteiger partial charge in [-0.05, 0) is 123 Å². The first-order chi connectivity index (χ1) is 33.9. The molecule has 0 saturated heterocycles. The van der Waals surface area contributed by atoms with Gasteiger partial charge in [0.15, 0.2) is 0 Å². The van der Waals surface area contributed by atoms with E-state index in [2.05, 4.69) is 62.1 Å². The van der Waals surface area contributed by atoms with E-state index in [1.807, 2.05) is 14.1 Å². The molecule has 0 saturated carbocycles. The van der Waals surface area contributed by atoms with E-state index in [1.54, 1.807) is 0 Å². The highest BCUT2D eigenvalue weighted by atomic mass is 16.5. The van der Waals surface area contributed by atoms with Gasteiger partial charge in [0.2, 0.25) is 0 Å². The maximum absolute atomic E-state index is 12.7. The van der Waals surface area contributed by atoms with E-state index in [-0.39, 0.29) is 12.1 Å². The lowest BCUT2D eigenvalue weighted by Crippen LogP contribution is -2.45. The second-order valence-electron chi connectivity index (χ2n) is 21.7. The first-order valence-corrected chi connectivity index (χ1v) is 31.0. The van der Waals surface area contributed by atoms with Gasteiger partial charge in [-0.1, -0.05) is 243 Å². The largest absolute Gasteiger partial charge is 0.466 e. The predicted molar refractivity (Wildman–Crippen MR) is 306 cm³/mol. The van der Waals surface area contributed by atoms with Gasteiger partial charge < -0.3 is 19.5 Å². The molecule has 0 rings (SSSR count). The van der Waals surface area contributed by atoms with Crippen molar-refractivity contribution in [2.75, 3.05) is 33.9 Å². The van der Waals surface area contributed by atoms with Crippen molar-refractivity contribution < 1.29 is 19.4 Å². The van der Waals surface area contributed by atoms with Gasteiger partial charge in [0.05, 0.1) is 18.3 Å². The average molecular weight is 971 g/mol. The Morgan fingerprint density at radius 1 is 0.420 bits per heavy atom. The predicted octanol–water partition coefficient (Wildman–Crippen LogP) is 20.3. The molecule has 0 heterocycles. The summed E-state index contributed by atoms with van der Waals surface area (Å²) >= 11 is 0. The SMILES string of the molecule is CCCCCCCC/C=C\CCCCCCCCOC(CCOC(=O)CCCN(C)C)C(O)(CCCCCCCC/C=C\CCCCCCCC)CCCCCCCC/C=C\CCCCCCCC. The highest BCUT2D eigenvalue weighted by molar-refractivity contribution is 5.69. The molecule has 0 aromatic rings. The molecule has 0 fully saturated rings. The van der Waals surface area contributed by atoms with Crippen LogP contribution in [0.25, 0.3) is 0 Å². The summed E-state index contributed by atoms with van der Waals surface area (Å²) in [6, 6.07) is 0. The molecule has 69 heavy (non-hydrogen) atoms. The van der Waals surface area contributed by atoms with Gasteiger partial charge in [-0.15, -0.1) is 0 Å². The maximum atomic E-state index is 12.7. The zero-order valence-corrected chi connectivity index (χ0v) is 47.5. The lowest BCUT2D eigenvalue weighted by molar-refractivity contribution is -0.150. The van der Waals surface area contributed by atoms with Crippen LogP contribution in [0.2, 0.25) is 0 Å². The van der Waals surface area contributed by atoms with Gasteiger partial charge in [-0.3, -0.25) is 4.79 Å². The minimum atomic E-state index is -0.887. The van der Waals surface area contributed by atoms with Crippen molar-refractivity contribution in [3.8, 4) is 0 Å². The van der Waals surface area contributed by atoms with Crippen LogP contribution in [0.3, 0.4) is 0 Å². The fourth-order valence-corrected chi connectivity index (χ4v) is 9.78. The van der Waals surface area contributed by atoms with Crippen molar-refractivity contribution in [3.63, 3.8) is 0 Å². The van der Waals surface area contributed by atoms with Gasteiger partial charge in [-0.2, -0.15) is 0 Å². The molecule has 1 unspecified atom stereocenters. The Hall–Kier alpha value is -1.43. The molecule has 408 valence electrons. The van der Waals surface area contributed by atoms with Crippen molar-refractivity contribution in [2.45, 2.75) is 334 Å². The minimum absolute atomic E-state index is 0.131. The van der Waals surface area contributed by atoms with E-state index in [9.17, 15) is 9.90 Å². The second-order valence-corrected chi connectivity index (χ2v) is 21.7. The van der Waals surface area contributed by atoms with E-state index >= 15 is 0 Å². The number of unbranched alkanes of at least 4 members (excludes halogenated alkanes) is 36. The number of hydrogen-bond acceptors (Lipinski definition) is 5. The highest BCUT2D eigenvalue weighted by Crippen LogP contribution is 2.31. The third-order valence-electron chi connectivity index (χ3n) is 14.4. The van der Waals surface area contributed by atoms with Gasteiger partial charge in [0.25, 0.3) is 0 Å². The second kappa shape index (κ2) is 55.9. The van der Waals surface area contributed by atoms with Gasteiger partial charge in [-0.25, -0.2) is 0 Å². The fraction of sp³-hybridized carbons (Fsp3) is 0.891. The van der Waals surface area contributed by atoms with Crippen LogP contribution in [0.5, 0.6) is 0 Å². The van der Waals surface area contributed by atoms with Crippen molar-refractivity contribution in [1.82, 2.24) is 4.90 Å². The molecular weight excluding hydrogens is 847 g/mol. The molecule has 5 nitrogen and oxygen atoms in total. The molecule has 0 aliphatic heterocycles. The molecular formula is C64H123NO4. The van der Waals surface area contributed by atoms with Crippen molar-refractivity contribution in [3.05, 3.63) is 36.5 Å². The highest BCUT2D eigenvalue weighted by Gasteiger charge is 2.36. The molecule has 1 N–H and O–H groups in total. The van der Waals surface area contributed by atoms with E-state index in [0.717, 1.165) is 57.9 Å². The summed E-state index contributed by atoms with van der Waals surface area (Å²) in [7, 11) is 4.08. The average Bonchev–Trinajstić information content (AvgIpc) is 3.34. The molecule has 0 radical (unpaired) electrons. The molecule has 5 heteroatoms. The summed E-state index contributed by atoms with van der Waals surface area (Å²) in [4.78, 5) is 14.8. The summed E-state index contributed by atoms with van der Waals surface area (Å²) in [5, 5.41) is 12.6. The summed E-state index contributed by atoms with van der Waals surface area (Å²) in [6.45, 7) is 8.74. The van der Waals surface area contributed by atoms with E-state index in [4.69, 9.17) is 9.47 Å². The molecule has 0 aliphatic carbocycles. The number of esters is 1. The molecule has 0 aliphatic rings. The topological polar surface area (TPSA) is 59.0 Å². The summed E-state index contributed by atoms with van der Waals surface area (Å²) in [5.41, 5.74) is -0.887.